The molecule has 0 bridgehead atoms. The van der Waals surface area contributed by atoms with Crippen molar-refractivity contribution >= 4 is 29.4 Å². The van der Waals surface area contributed by atoms with Gasteiger partial charge in [-0.3, -0.25) is 9.78 Å². The maximum atomic E-state index is 11.9. The van der Waals surface area contributed by atoms with Gasteiger partial charge in [-0.15, -0.1) is 11.3 Å². The van der Waals surface area contributed by atoms with Gasteiger partial charge in [-0.2, -0.15) is 5.10 Å². The minimum atomic E-state index is -0.388. The highest BCUT2D eigenvalue weighted by Gasteiger charge is 2.09. The number of pyridine rings is 1. The van der Waals surface area contributed by atoms with E-state index in [9.17, 15) is 9.59 Å². The Kier molecular flexibility index (Phi) is 5.28. The second-order valence-electron chi connectivity index (χ2n) is 4.87. The van der Waals surface area contributed by atoms with Crippen molar-refractivity contribution in [2.45, 2.75) is 0 Å². The lowest BCUT2D eigenvalue weighted by molar-refractivity contribution is 0.0739. The van der Waals surface area contributed by atoms with E-state index in [1.807, 2.05) is 5.38 Å². The first-order valence-corrected chi connectivity index (χ1v) is 8.19. The number of esters is 1. The maximum absolute atomic E-state index is 11.9. The fourth-order valence-electron chi connectivity index (χ4n) is 1.91. The molecule has 1 aromatic carbocycles. The van der Waals surface area contributed by atoms with Crippen molar-refractivity contribution < 1.29 is 14.3 Å². The Hall–Kier alpha value is -3.32. The van der Waals surface area contributed by atoms with E-state index < -0.39 is 0 Å². The number of amides is 1. The molecule has 6 nitrogen and oxygen atoms in total. The summed E-state index contributed by atoms with van der Waals surface area (Å²) in [7, 11) is 0. The SMILES string of the molecule is O=C(N/N=C/c1ccc(OC(=O)c2cccs2)cc1)c1ccncc1. The van der Waals surface area contributed by atoms with Crippen LogP contribution in [0.25, 0.3) is 0 Å². The number of hydrazone groups is 1. The summed E-state index contributed by atoms with van der Waals surface area (Å²) in [5, 5.41) is 5.71. The Morgan fingerprint density at radius 3 is 2.52 bits per heavy atom. The molecule has 3 aromatic rings. The first-order valence-electron chi connectivity index (χ1n) is 7.31. The molecule has 0 aliphatic heterocycles. The third-order valence-electron chi connectivity index (χ3n) is 3.14. The number of carbonyl (C=O) groups is 2. The largest absolute Gasteiger partial charge is 0.422 e. The summed E-state index contributed by atoms with van der Waals surface area (Å²) in [4.78, 5) is 28.1. The molecule has 2 heterocycles. The van der Waals surface area contributed by atoms with Gasteiger partial charge in [0.2, 0.25) is 0 Å². The minimum Gasteiger partial charge on any atom is -0.422 e. The van der Waals surface area contributed by atoms with E-state index in [2.05, 4.69) is 15.5 Å². The van der Waals surface area contributed by atoms with Crippen LogP contribution < -0.4 is 10.2 Å². The van der Waals surface area contributed by atoms with Crippen LogP contribution in [0.2, 0.25) is 0 Å². The van der Waals surface area contributed by atoms with Gasteiger partial charge in [0.25, 0.3) is 5.91 Å². The zero-order chi connectivity index (χ0) is 17.5. The first kappa shape index (κ1) is 16.5. The molecule has 0 saturated carbocycles. The zero-order valence-corrected chi connectivity index (χ0v) is 13.8. The van der Waals surface area contributed by atoms with Crippen LogP contribution in [0.1, 0.15) is 25.6 Å². The van der Waals surface area contributed by atoms with Crippen LogP contribution in [-0.4, -0.2) is 23.1 Å². The van der Waals surface area contributed by atoms with Crippen molar-refractivity contribution in [3.8, 4) is 5.75 Å². The fraction of sp³-hybridized carbons (Fsp3) is 0. The molecule has 0 spiro atoms. The summed E-state index contributed by atoms with van der Waals surface area (Å²) >= 11 is 1.33. The number of aromatic nitrogens is 1. The zero-order valence-electron chi connectivity index (χ0n) is 13.0. The average molecular weight is 351 g/mol. The van der Waals surface area contributed by atoms with Crippen molar-refractivity contribution in [1.82, 2.24) is 10.4 Å². The molecule has 25 heavy (non-hydrogen) atoms. The first-order chi connectivity index (χ1) is 12.2. The van der Waals surface area contributed by atoms with Crippen LogP contribution in [-0.2, 0) is 0 Å². The van der Waals surface area contributed by atoms with Crippen molar-refractivity contribution in [3.63, 3.8) is 0 Å². The summed E-state index contributed by atoms with van der Waals surface area (Å²) in [5.74, 6) is -0.266. The quantitative estimate of drug-likeness (QED) is 0.331. The van der Waals surface area contributed by atoms with Crippen molar-refractivity contribution in [2.24, 2.45) is 5.10 Å². The van der Waals surface area contributed by atoms with Gasteiger partial charge in [0, 0.05) is 18.0 Å². The van der Waals surface area contributed by atoms with E-state index in [1.165, 1.54) is 29.9 Å². The van der Waals surface area contributed by atoms with Gasteiger partial charge in [-0.05, 0) is 53.4 Å². The molecule has 0 atom stereocenters. The summed E-state index contributed by atoms with van der Waals surface area (Å²) in [6, 6.07) is 13.5. The van der Waals surface area contributed by atoms with Crippen LogP contribution in [0.4, 0.5) is 0 Å². The summed E-state index contributed by atoms with van der Waals surface area (Å²) in [6.07, 6.45) is 4.58. The third kappa shape index (κ3) is 4.58. The molecule has 0 aliphatic rings. The topological polar surface area (TPSA) is 80.6 Å². The number of nitrogens with one attached hydrogen (secondary N) is 1. The van der Waals surface area contributed by atoms with Crippen LogP contribution >= 0.6 is 11.3 Å². The number of ether oxygens (including phenoxy) is 1. The second kappa shape index (κ2) is 7.98. The Balaban J connectivity index is 1.55. The van der Waals surface area contributed by atoms with E-state index in [0.717, 1.165) is 5.56 Å². The maximum Gasteiger partial charge on any atom is 0.353 e. The summed E-state index contributed by atoms with van der Waals surface area (Å²) < 4.78 is 5.27. The molecular weight excluding hydrogens is 338 g/mol. The molecule has 124 valence electrons. The Labute approximate surface area is 147 Å². The highest BCUT2D eigenvalue weighted by Crippen LogP contribution is 2.16. The number of carbonyl (C=O) groups excluding carboxylic acids is 2. The molecule has 3 rings (SSSR count). The number of hydrogen-bond acceptors (Lipinski definition) is 6. The number of hydrogen-bond donors (Lipinski definition) is 1. The lowest BCUT2D eigenvalue weighted by Crippen LogP contribution is -2.17. The van der Waals surface area contributed by atoms with Crippen molar-refractivity contribution in [3.05, 3.63) is 82.3 Å². The molecule has 0 saturated heterocycles. The molecule has 1 amide bonds. The van der Waals surface area contributed by atoms with Crippen LogP contribution in [0, 0.1) is 0 Å². The molecule has 0 aliphatic carbocycles. The highest BCUT2D eigenvalue weighted by molar-refractivity contribution is 7.12. The van der Waals surface area contributed by atoms with Gasteiger partial charge in [-0.25, -0.2) is 10.2 Å². The Bertz CT molecular complexity index is 876. The number of rotatable bonds is 5. The minimum absolute atomic E-state index is 0.319. The monoisotopic (exact) mass is 351 g/mol. The van der Waals surface area contributed by atoms with Crippen LogP contribution in [0.3, 0.4) is 0 Å². The summed E-state index contributed by atoms with van der Waals surface area (Å²) in [5.41, 5.74) is 3.66. The van der Waals surface area contributed by atoms with Gasteiger partial charge >= 0.3 is 5.97 Å². The predicted octanol–water partition coefficient (Wildman–Crippen LogP) is 3.13. The Morgan fingerprint density at radius 1 is 1.08 bits per heavy atom. The normalized spacial score (nSPS) is 10.6. The molecule has 1 N–H and O–H groups in total. The third-order valence-corrected chi connectivity index (χ3v) is 3.99. The van der Waals surface area contributed by atoms with Gasteiger partial charge in [0.05, 0.1) is 6.21 Å². The molecule has 0 fully saturated rings. The molecule has 0 radical (unpaired) electrons. The standard InChI is InChI=1S/C18H13N3O3S/c22-17(14-7-9-19-10-8-14)21-20-12-13-3-5-15(6-4-13)24-18(23)16-2-1-11-25-16/h1-12H,(H,21,22)/b20-12+. The number of nitrogens with zero attached hydrogens (tertiary/aromatic N) is 2. The van der Waals surface area contributed by atoms with Crippen molar-refractivity contribution in [2.75, 3.05) is 0 Å². The fourth-order valence-corrected chi connectivity index (χ4v) is 2.51. The Morgan fingerprint density at radius 2 is 1.84 bits per heavy atom. The highest BCUT2D eigenvalue weighted by atomic mass is 32.1. The van der Waals surface area contributed by atoms with Gasteiger partial charge in [0.1, 0.15) is 10.6 Å². The van der Waals surface area contributed by atoms with Crippen LogP contribution in [0.15, 0.2) is 71.4 Å². The second-order valence-corrected chi connectivity index (χ2v) is 5.82. The molecule has 7 heteroatoms. The lowest BCUT2D eigenvalue weighted by Gasteiger charge is -2.03. The number of thiophene rings is 1. The van der Waals surface area contributed by atoms with Gasteiger partial charge < -0.3 is 4.74 Å². The van der Waals surface area contributed by atoms with Gasteiger partial charge in [0.15, 0.2) is 0 Å². The average Bonchev–Trinajstić information content (AvgIpc) is 3.19. The van der Waals surface area contributed by atoms with Gasteiger partial charge in [-0.1, -0.05) is 6.07 Å². The smallest absolute Gasteiger partial charge is 0.353 e. The predicted molar refractivity (Wildman–Crippen MR) is 95.0 cm³/mol. The molecular formula is C18H13N3O3S. The van der Waals surface area contributed by atoms with E-state index in [1.54, 1.807) is 48.5 Å². The number of benzene rings is 1. The van der Waals surface area contributed by atoms with Crippen LogP contribution in [0.5, 0.6) is 5.75 Å². The van der Waals surface area contributed by atoms with Crippen molar-refractivity contribution in [1.29, 1.82) is 0 Å². The van der Waals surface area contributed by atoms with E-state index in [4.69, 9.17) is 4.74 Å². The molecule has 2 aromatic heterocycles. The van der Waals surface area contributed by atoms with E-state index in [0.29, 0.717) is 16.2 Å². The lowest BCUT2D eigenvalue weighted by atomic mass is 10.2. The van der Waals surface area contributed by atoms with E-state index in [-0.39, 0.29) is 11.9 Å². The van der Waals surface area contributed by atoms with E-state index >= 15 is 0 Å². The summed E-state index contributed by atoms with van der Waals surface area (Å²) in [6.45, 7) is 0. The molecule has 0 unspecified atom stereocenters.